The first-order chi connectivity index (χ1) is 8.97. The monoisotopic (exact) mass is 517 g/mol. The minimum atomic E-state index is 0.217. The zero-order valence-electron chi connectivity index (χ0n) is 9.37. The Morgan fingerprint density at radius 1 is 1.11 bits per heavy atom. The van der Waals surface area contributed by atoms with Crippen LogP contribution in [0.25, 0.3) is 0 Å². The number of phenolic OH excluding ortho intramolecular Hbond substituents is 1. The molecule has 0 atom stereocenters. The van der Waals surface area contributed by atoms with E-state index in [9.17, 15) is 5.11 Å². The highest BCUT2D eigenvalue weighted by Gasteiger charge is 2.05. The van der Waals surface area contributed by atoms with Gasteiger partial charge in [-0.3, -0.25) is 4.99 Å². The normalized spacial score (nSPS) is 11.2. The van der Waals surface area contributed by atoms with E-state index >= 15 is 0 Å². The third kappa shape index (κ3) is 3.96. The smallest absolute Gasteiger partial charge is 0.137 e. The van der Waals surface area contributed by atoms with Crippen LogP contribution in [0, 0.1) is 7.14 Å². The number of halogens is 4. The lowest BCUT2D eigenvalue weighted by atomic mass is 10.2. The largest absolute Gasteiger partial charge is 0.506 e. The van der Waals surface area contributed by atoms with E-state index in [1.165, 1.54) is 0 Å². The van der Waals surface area contributed by atoms with Crippen molar-refractivity contribution in [3.8, 4) is 5.75 Å². The molecule has 2 aromatic rings. The Bertz CT molecular complexity index is 659. The number of rotatable bonds is 2. The Labute approximate surface area is 148 Å². The lowest BCUT2D eigenvalue weighted by Crippen LogP contribution is -1.87. The number of aromatic hydroxyl groups is 1. The van der Waals surface area contributed by atoms with Gasteiger partial charge in [-0.15, -0.1) is 0 Å². The van der Waals surface area contributed by atoms with Crippen LogP contribution in [0.2, 0.25) is 10.0 Å². The average Bonchev–Trinajstić information content (AvgIpc) is 2.33. The molecule has 0 aliphatic carbocycles. The fourth-order valence-corrected chi connectivity index (χ4v) is 3.76. The molecule has 98 valence electrons. The zero-order chi connectivity index (χ0) is 14.0. The number of aliphatic imine (C=N–C) groups is 1. The van der Waals surface area contributed by atoms with Crippen LogP contribution in [0.4, 0.5) is 5.69 Å². The van der Waals surface area contributed by atoms with Gasteiger partial charge in [-0.25, -0.2) is 0 Å². The average molecular weight is 518 g/mol. The van der Waals surface area contributed by atoms with Gasteiger partial charge in [0, 0.05) is 20.4 Å². The van der Waals surface area contributed by atoms with Crippen molar-refractivity contribution in [2.75, 3.05) is 0 Å². The van der Waals surface area contributed by atoms with Crippen LogP contribution in [0.15, 0.2) is 35.3 Å². The fourth-order valence-electron chi connectivity index (χ4n) is 1.41. The van der Waals surface area contributed by atoms with Crippen molar-refractivity contribution in [3.63, 3.8) is 0 Å². The Morgan fingerprint density at radius 3 is 2.53 bits per heavy atom. The third-order valence-electron chi connectivity index (χ3n) is 2.31. The predicted octanol–water partition coefficient (Wildman–Crippen LogP) is 5.66. The van der Waals surface area contributed by atoms with Crippen molar-refractivity contribution in [2.45, 2.75) is 0 Å². The second kappa shape index (κ2) is 6.60. The molecule has 0 saturated heterocycles. The summed E-state index contributed by atoms with van der Waals surface area (Å²) in [7, 11) is 0. The van der Waals surface area contributed by atoms with Gasteiger partial charge < -0.3 is 5.11 Å². The second-order valence-electron chi connectivity index (χ2n) is 3.68. The lowest BCUT2D eigenvalue weighted by molar-refractivity contribution is 0.470. The first-order valence-electron chi connectivity index (χ1n) is 5.14. The SMILES string of the molecule is Oc1c(I)cc(I)cc1C=Nc1ccc(Cl)cc1Cl. The molecule has 6 heteroatoms. The van der Waals surface area contributed by atoms with Crippen molar-refractivity contribution in [2.24, 2.45) is 4.99 Å². The van der Waals surface area contributed by atoms with Crippen molar-refractivity contribution < 1.29 is 5.11 Å². The highest BCUT2D eigenvalue weighted by atomic mass is 127. The lowest BCUT2D eigenvalue weighted by Gasteiger charge is -2.03. The van der Waals surface area contributed by atoms with Crippen LogP contribution in [0.5, 0.6) is 5.75 Å². The molecule has 0 radical (unpaired) electrons. The topological polar surface area (TPSA) is 32.6 Å². The molecule has 19 heavy (non-hydrogen) atoms. The van der Waals surface area contributed by atoms with Crippen LogP contribution in [0.1, 0.15) is 5.56 Å². The molecule has 0 aliphatic heterocycles. The minimum Gasteiger partial charge on any atom is -0.506 e. The summed E-state index contributed by atoms with van der Waals surface area (Å²) in [5.74, 6) is 0.217. The molecule has 0 spiro atoms. The summed E-state index contributed by atoms with van der Waals surface area (Å²) < 4.78 is 1.82. The standard InChI is InChI=1S/C13H7Cl2I2NO/c14-8-1-2-12(10(15)4-8)18-6-7-3-9(16)5-11(17)13(7)19/h1-6,19H. The Hall–Kier alpha value is -0.0500. The molecular formula is C13H7Cl2I2NO. The molecular weight excluding hydrogens is 511 g/mol. The van der Waals surface area contributed by atoms with E-state index in [-0.39, 0.29) is 5.75 Å². The summed E-state index contributed by atoms with van der Waals surface area (Å²) in [5.41, 5.74) is 1.27. The molecule has 0 unspecified atom stereocenters. The summed E-state index contributed by atoms with van der Waals surface area (Å²) in [6, 6.07) is 8.83. The number of nitrogens with zero attached hydrogens (tertiary/aromatic N) is 1. The molecule has 2 rings (SSSR count). The van der Waals surface area contributed by atoms with E-state index < -0.39 is 0 Å². The fraction of sp³-hybridized carbons (Fsp3) is 0. The minimum absolute atomic E-state index is 0.217. The van der Waals surface area contributed by atoms with Gasteiger partial charge in [-0.1, -0.05) is 23.2 Å². The molecule has 1 N–H and O–H groups in total. The second-order valence-corrected chi connectivity index (χ2v) is 6.93. The van der Waals surface area contributed by atoms with E-state index in [0.717, 1.165) is 7.14 Å². The van der Waals surface area contributed by atoms with E-state index in [2.05, 4.69) is 50.2 Å². The van der Waals surface area contributed by atoms with Gasteiger partial charge in [-0.2, -0.15) is 0 Å². The van der Waals surface area contributed by atoms with Gasteiger partial charge in [0.1, 0.15) is 5.75 Å². The van der Waals surface area contributed by atoms with Crippen molar-refractivity contribution in [1.29, 1.82) is 0 Å². The van der Waals surface area contributed by atoms with Crippen LogP contribution in [-0.4, -0.2) is 11.3 Å². The summed E-state index contributed by atoms with van der Waals surface area (Å²) in [4.78, 5) is 4.28. The molecule has 0 fully saturated rings. The Kier molecular flexibility index (Phi) is 5.33. The maximum Gasteiger partial charge on any atom is 0.137 e. The van der Waals surface area contributed by atoms with Crippen LogP contribution in [-0.2, 0) is 0 Å². The summed E-state index contributed by atoms with van der Waals surface area (Å²) in [5, 5.41) is 11.0. The third-order valence-corrected chi connectivity index (χ3v) is 4.29. The molecule has 2 nitrogen and oxygen atoms in total. The number of phenols is 1. The van der Waals surface area contributed by atoms with Crippen molar-refractivity contribution in [3.05, 3.63) is 53.1 Å². The highest BCUT2D eigenvalue weighted by molar-refractivity contribution is 14.1. The summed E-state index contributed by atoms with van der Waals surface area (Å²) >= 11 is 16.1. The number of hydrogen-bond donors (Lipinski definition) is 1. The first kappa shape index (κ1) is 15.3. The van der Waals surface area contributed by atoms with Crippen LogP contribution >= 0.6 is 68.4 Å². The summed E-state index contributed by atoms with van der Waals surface area (Å²) in [6.07, 6.45) is 1.59. The number of hydrogen-bond acceptors (Lipinski definition) is 2. The Morgan fingerprint density at radius 2 is 1.84 bits per heavy atom. The molecule has 0 amide bonds. The van der Waals surface area contributed by atoms with Crippen LogP contribution in [0.3, 0.4) is 0 Å². The van der Waals surface area contributed by atoms with E-state index in [1.54, 1.807) is 24.4 Å². The maximum atomic E-state index is 9.96. The van der Waals surface area contributed by atoms with Crippen molar-refractivity contribution in [1.82, 2.24) is 0 Å². The van der Waals surface area contributed by atoms with Gasteiger partial charge in [0.05, 0.1) is 14.3 Å². The Balaban J connectivity index is 2.38. The zero-order valence-corrected chi connectivity index (χ0v) is 15.2. The maximum absolute atomic E-state index is 9.96. The molecule has 0 aliphatic rings. The van der Waals surface area contributed by atoms with Gasteiger partial charge >= 0.3 is 0 Å². The molecule has 0 heterocycles. The predicted molar refractivity (Wildman–Crippen MR) is 97.3 cm³/mol. The molecule has 0 saturated carbocycles. The highest BCUT2D eigenvalue weighted by Crippen LogP contribution is 2.29. The van der Waals surface area contributed by atoms with Gasteiger partial charge in [-0.05, 0) is 75.5 Å². The van der Waals surface area contributed by atoms with Crippen molar-refractivity contribution >= 4 is 80.3 Å². The van der Waals surface area contributed by atoms with Gasteiger partial charge in [0.25, 0.3) is 0 Å². The number of benzene rings is 2. The van der Waals surface area contributed by atoms with E-state index in [4.69, 9.17) is 23.2 Å². The van der Waals surface area contributed by atoms with E-state index in [0.29, 0.717) is 21.3 Å². The first-order valence-corrected chi connectivity index (χ1v) is 8.06. The van der Waals surface area contributed by atoms with E-state index in [1.807, 2.05) is 12.1 Å². The molecule has 0 aromatic heterocycles. The molecule has 0 bridgehead atoms. The van der Waals surface area contributed by atoms with Crippen LogP contribution < -0.4 is 0 Å². The van der Waals surface area contributed by atoms with Gasteiger partial charge in [0.15, 0.2) is 0 Å². The molecule has 2 aromatic carbocycles. The quantitative estimate of drug-likeness (QED) is 0.405. The summed E-state index contributed by atoms with van der Waals surface area (Å²) in [6.45, 7) is 0. The van der Waals surface area contributed by atoms with Gasteiger partial charge in [0.2, 0.25) is 0 Å².